The molecular formula is C99H108FN3O25Si. The Morgan fingerprint density at radius 1 is 0.411 bits per heavy atom. The second-order valence-corrected chi connectivity index (χ2v) is 36.0. The van der Waals surface area contributed by atoms with Crippen LogP contribution >= 0.6 is 0 Å². The number of nitrogens with zero attached hydrogens (tertiary/aromatic N) is 3. The molecule has 10 aromatic carbocycles. The van der Waals surface area contributed by atoms with Gasteiger partial charge in [-0.3, -0.25) is 19.7 Å². The minimum Gasteiger partial charge on any atom is -0.543 e. The molecule has 0 amide bonds. The number of aromatic nitrogens is 2. The lowest BCUT2D eigenvalue weighted by atomic mass is 10.0. The Kier molecular flexibility index (Phi) is 34.5. The molecule has 0 fully saturated rings. The number of ether oxygens (including phenoxy) is 8. The van der Waals surface area contributed by atoms with Gasteiger partial charge in [-0.15, -0.1) is 0 Å². The number of aliphatic hydroxyl groups excluding tert-OH is 6. The fraction of sp³-hybridized carbons (Fsp3) is 0.273. The Bertz CT molecular complexity index is 5800. The molecule has 0 spiro atoms. The van der Waals surface area contributed by atoms with Crippen LogP contribution in [-0.4, -0.2) is 103 Å². The first kappa shape index (κ1) is 98.9. The molecule has 4 aliphatic rings. The number of aliphatic hydroxyl groups is 6. The van der Waals surface area contributed by atoms with E-state index in [0.717, 1.165) is 45.5 Å². The van der Waals surface area contributed by atoms with Gasteiger partial charge in [0, 0.05) is 67.8 Å². The van der Waals surface area contributed by atoms with Crippen LogP contribution in [0.2, 0.25) is 18.1 Å². The number of nitro groups is 1. The molecule has 0 saturated carbocycles. The van der Waals surface area contributed by atoms with Crippen molar-refractivity contribution < 1.29 is 112 Å². The smallest absolute Gasteiger partial charge is 0.305 e. The van der Waals surface area contributed by atoms with Crippen LogP contribution in [0.1, 0.15) is 115 Å². The lowest BCUT2D eigenvalue weighted by Crippen LogP contribution is -2.43. The van der Waals surface area contributed by atoms with Crippen molar-refractivity contribution in [2.24, 2.45) is 0 Å². The molecule has 2 heterocycles. The summed E-state index contributed by atoms with van der Waals surface area (Å²) in [7, 11) is 3.78. The van der Waals surface area contributed by atoms with Crippen molar-refractivity contribution in [3.05, 3.63) is 313 Å². The summed E-state index contributed by atoms with van der Waals surface area (Å²) in [6.07, 6.45) is 0. The normalized spacial score (nSPS) is 11.0. The first-order chi connectivity index (χ1) is 61.6. The first-order valence-electron chi connectivity index (χ1n) is 40.7. The van der Waals surface area contributed by atoms with Crippen molar-refractivity contribution in [2.75, 3.05) is 28.4 Å². The maximum absolute atomic E-state index is 13.5. The zero-order chi connectivity index (χ0) is 94.3. The van der Waals surface area contributed by atoms with E-state index in [-0.39, 0.29) is 113 Å². The number of fused-ring (bicyclic) bond motifs is 4. The standard InChI is InChI=1S/2C23H24O5.2C16H15NO4.C12H18FNO3Si.C9H12O4/c2*1-16-21(26)23(28-15-18-10-6-3-7-11-18)20(13-25)19(12-24)22(16)27-14-17-8-4-2-5-9-17;2*1-8-5-6-10-11(7-8)21-14-9(2)13(18)16(20-4)15(19-3)12(14)17-10;1-12(2,3)18(4,5)17-9-6-7-11(14(15)16)10(13)8-9;1-5-2-8(12)6(3-10)7(4-11)9(5)13/h2*2-11,24-26H,12-15H2,1H3;2*5-7H,1-4H3;6-8H,1-5H3;2,10-13H,3-4H2,1H3. The quantitative estimate of drug-likeness (QED) is 0.00835. The molecule has 0 atom stereocenters. The Hall–Kier alpha value is -13.9. The fourth-order valence-corrected chi connectivity index (χ4v) is 14.3. The van der Waals surface area contributed by atoms with Gasteiger partial charge in [0.15, 0.2) is 68.6 Å². The van der Waals surface area contributed by atoms with E-state index >= 15 is 0 Å². The van der Waals surface area contributed by atoms with Crippen LogP contribution in [0.4, 0.5) is 10.1 Å². The van der Waals surface area contributed by atoms with Crippen LogP contribution in [0.3, 0.4) is 0 Å². The van der Waals surface area contributed by atoms with Crippen molar-refractivity contribution in [3.63, 3.8) is 0 Å². The number of rotatable bonds is 25. The van der Waals surface area contributed by atoms with E-state index in [1.165, 1.54) is 40.6 Å². The topological polar surface area (TPSA) is 415 Å². The molecule has 0 bridgehead atoms. The SMILES string of the molecule is CC(C)(C)[Si](C)(C)Oc1ccc([N+](=O)[O-])c(F)c1.COc1c2nc3ccc(C)cc3oc-2c(C)c(=O)c1OC.COc1c2nc3ccc(C)cc3oc-2c(C)c(=O)c1OC.Cc1c(O)c(OCc2ccccc2)c(CO)c(CO)c1OCc1ccccc1.Cc1c(O)c(OCc2ccccc2)c(CO)c(CO)c1OCc1ccccc1.Cc1cc(O)c(CO)c(CO)c1O. The summed E-state index contributed by atoms with van der Waals surface area (Å²) in [4.78, 5) is 43.5. The third-order valence-electron chi connectivity index (χ3n) is 21.5. The minimum absolute atomic E-state index is 0.00868. The number of phenolic OH excluding ortho intramolecular Hbond substituents is 2. The van der Waals surface area contributed by atoms with E-state index in [0.29, 0.717) is 124 Å². The second-order valence-electron chi connectivity index (χ2n) is 31.2. The number of aromatic hydroxyl groups is 4. The summed E-state index contributed by atoms with van der Waals surface area (Å²) in [6, 6.07) is 54.7. The number of benzene rings is 12. The van der Waals surface area contributed by atoms with Gasteiger partial charge >= 0.3 is 5.69 Å². The van der Waals surface area contributed by atoms with Crippen LogP contribution in [0.15, 0.2) is 200 Å². The zero-order valence-electron chi connectivity index (χ0n) is 74.7. The molecule has 14 rings (SSSR count). The van der Waals surface area contributed by atoms with E-state index in [2.05, 4.69) is 30.7 Å². The number of methoxy groups -OCH3 is 4. The van der Waals surface area contributed by atoms with Crippen LogP contribution in [-0.2, 0) is 66.1 Å². The Balaban J connectivity index is 0.000000177. The molecule has 2 aliphatic heterocycles. The Labute approximate surface area is 746 Å². The summed E-state index contributed by atoms with van der Waals surface area (Å²) in [5, 5.41) is 108. The third-order valence-corrected chi connectivity index (χ3v) is 25.8. The summed E-state index contributed by atoms with van der Waals surface area (Å²) < 4.78 is 75.5. The monoisotopic (exact) mass is 1790 g/mol. The predicted molar refractivity (Wildman–Crippen MR) is 489 cm³/mol. The lowest BCUT2D eigenvalue weighted by Gasteiger charge is -2.36. The van der Waals surface area contributed by atoms with Gasteiger partial charge < -0.3 is 102 Å². The highest BCUT2D eigenvalue weighted by molar-refractivity contribution is 6.74. The first-order valence-corrected chi connectivity index (χ1v) is 43.6. The maximum Gasteiger partial charge on any atom is 0.305 e. The molecule has 129 heavy (non-hydrogen) atoms. The number of hydrogen-bond acceptors (Lipinski definition) is 27. The fourth-order valence-electron chi connectivity index (χ4n) is 13.3. The van der Waals surface area contributed by atoms with Gasteiger partial charge in [-0.1, -0.05) is 154 Å². The zero-order valence-corrected chi connectivity index (χ0v) is 75.7. The Morgan fingerprint density at radius 3 is 1.05 bits per heavy atom. The average Bonchev–Trinajstić information content (AvgIpc) is 0.750. The third kappa shape index (κ3) is 23.5. The molecule has 28 nitrogen and oxygen atoms in total. The van der Waals surface area contributed by atoms with Crippen LogP contribution < -0.4 is 53.2 Å². The lowest BCUT2D eigenvalue weighted by molar-refractivity contribution is -0.387. The largest absolute Gasteiger partial charge is 0.543 e. The molecule has 2 aliphatic carbocycles. The second kappa shape index (κ2) is 45.0. The molecule has 0 saturated heterocycles. The summed E-state index contributed by atoms with van der Waals surface area (Å²) >= 11 is 0. The van der Waals surface area contributed by atoms with E-state index in [4.69, 9.17) is 61.4 Å². The van der Waals surface area contributed by atoms with Gasteiger partial charge in [-0.25, -0.2) is 9.97 Å². The van der Waals surface area contributed by atoms with Crippen molar-refractivity contribution in [3.8, 4) is 97.7 Å². The van der Waals surface area contributed by atoms with Gasteiger partial charge in [-0.05, 0) is 142 Å². The van der Waals surface area contributed by atoms with Gasteiger partial charge in [0.1, 0.15) is 66.2 Å². The maximum atomic E-state index is 13.5. The van der Waals surface area contributed by atoms with Crippen LogP contribution in [0, 0.1) is 64.4 Å². The summed E-state index contributed by atoms with van der Waals surface area (Å²) in [5.74, 6) is 1.91. The average molecular weight is 1790 g/mol. The molecule has 30 heteroatoms. The molecule has 0 radical (unpaired) electrons. The summed E-state index contributed by atoms with van der Waals surface area (Å²) in [5.41, 5.74) is 12.7. The van der Waals surface area contributed by atoms with Gasteiger partial charge in [0.25, 0.3) is 0 Å². The minimum atomic E-state index is -2.05. The molecular weight excluding hydrogens is 1680 g/mol. The van der Waals surface area contributed by atoms with Crippen molar-refractivity contribution in [1.82, 2.24) is 9.97 Å². The molecule has 680 valence electrons. The highest BCUT2D eigenvalue weighted by atomic mass is 28.4. The number of hydrogen-bond donors (Lipinski definition) is 10. The van der Waals surface area contributed by atoms with Crippen LogP contribution in [0.5, 0.6) is 74.7 Å². The van der Waals surface area contributed by atoms with Crippen molar-refractivity contribution in [1.29, 1.82) is 0 Å². The summed E-state index contributed by atoms with van der Waals surface area (Å²) in [6.45, 7) is 21.4. The number of halogens is 1. The molecule has 0 aromatic heterocycles. The number of aryl methyl sites for hydroxylation is 3. The molecule has 10 aromatic rings. The number of nitro benzene ring substituents is 1. The highest BCUT2D eigenvalue weighted by Crippen LogP contribution is 2.48. The molecule has 10 N–H and O–H groups in total. The van der Waals surface area contributed by atoms with E-state index in [1.807, 2.05) is 185 Å². The van der Waals surface area contributed by atoms with E-state index in [9.17, 15) is 64.9 Å². The van der Waals surface area contributed by atoms with Crippen molar-refractivity contribution in [2.45, 2.75) is 153 Å². The predicted octanol–water partition coefficient (Wildman–Crippen LogP) is 18.0. The van der Waals surface area contributed by atoms with E-state index in [1.54, 1.807) is 34.6 Å². The number of phenols is 4. The van der Waals surface area contributed by atoms with Crippen LogP contribution in [0.25, 0.3) is 45.1 Å². The van der Waals surface area contributed by atoms with Gasteiger partial charge in [0.05, 0.1) is 73.0 Å². The van der Waals surface area contributed by atoms with Gasteiger partial charge in [-0.2, -0.15) is 4.39 Å². The van der Waals surface area contributed by atoms with E-state index < -0.39 is 51.2 Å². The Morgan fingerprint density at radius 2 is 0.744 bits per heavy atom. The van der Waals surface area contributed by atoms with Crippen molar-refractivity contribution >= 4 is 36.2 Å². The van der Waals surface area contributed by atoms with Gasteiger partial charge in [0.2, 0.25) is 36.5 Å². The molecule has 0 unspecified atom stereocenters. The highest BCUT2D eigenvalue weighted by Gasteiger charge is 2.40.